The number of H-pyrrole nitrogens is 1. The summed E-state index contributed by atoms with van der Waals surface area (Å²) in [7, 11) is 0. The number of aromatic nitrogens is 2. The van der Waals surface area contributed by atoms with E-state index in [1.165, 1.54) is 0 Å². The van der Waals surface area contributed by atoms with Gasteiger partial charge in [-0.3, -0.25) is 4.79 Å². The van der Waals surface area contributed by atoms with Crippen molar-refractivity contribution in [2.24, 2.45) is 11.8 Å². The van der Waals surface area contributed by atoms with E-state index in [9.17, 15) is 9.59 Å². The largest absolute Gasteiger partial charge is 0.481 e. The van der Waals surface area contributed by atoms with Crippen LogP contribution in [0.2, 0.25) is 0 Å². The van der Waals surface area contributed by atoms with Crippen LogP contribution in [0.3, 0.4) is 0 Å². The van der Waals surface area contributed by atoms with Gasteiger partial charge in [0.15, 0.2) is 0 Å². The first-order chi connectivity index (χ1) is 9.66. The summed E-state index contributed by atoms with van der Waals surface area (Å²) < 4.78 is 0. The van der Waals surface area contributed by atoms with Crippen molar-refractivity contribution < 1.29 is 14.7 Å². The van der Waals surface area contributed by atoms with E-state index in [1.807, 2.05) is 0 Å². The van der Waals surface area contributed by atoms with E-state index >= 15 is 0 Å². The molecule has 7 nitrogen and oxygen atoms in total. The Kier molecular flexibility index (Phi) is 4.97. The zero-order chi connectivity index (χ0) is 14.4. The quantitative estimate of drug-likeness (QED) is 0.617. The highest BCUT2D eigenvalue weighted by Crippen LogP contribution is 2.31. The lowest BCUT2D eigenvalue weighted by molar-refractivity contribution is -0.142. The van der Waals surface area contributed by atoms with Crippen LogP contribution in [0.5, 0.6) is 0 Å². The molecule has 0 bridgehead atoms. The predicted molar refractivity (Wildman–Crippen MR) is 72.2 cm³/mol. The van der Waals surface area contributed by atoms with Crippen LogP contribution in [0.25, 0.3) is 0 Å². The molecular formula is C13H20N4O3. The van der Waals surface area contributed by atoms with E-state index in [4.69, 9.17) is 5.11 Å². The molecule has 0 aromatic carbocycles. The van der Waals surface area contributed by atoms with Crippen LogP contribution in [0, 0.1) is 11.8 Å². The van der Waals surface area contributed by atoms with Crippen molar-refractivity contribution >= 4 is 12.0 Å². The second-order valence-corrected chi connectivity index (χ2v) is 5.06. The number of nitrogens with one attached hydrogen (secondary N) is 3. The average Bonchev–Trinajstić information content (AvgIpc) is 3.07. The fraction of sp³-hybridized carbons (Fsp3) is 0.615. The van der Waals surface area contributed by atoms with Crippen LogP contribution in [0.15, 0.2) is 12.4 Å². The lowest BCUT2D eigenvalue weighted by Gasteiger charge is -2.16. The van der Waals surface area contributed by atoms with Crippen molar-refractivity contribution in [2.45, 2.75) is 25.7 Å². The number of hydrogen-bond acceptors (Lipinski definition) is 3. The zero-order valence-corrected chi connectivity index (χ0v) is 11.3. The normalized spacial score (nSPS) is 21.6. The minimum absolute atomic E-state index is 0.0447. The third-order valence-electron chi connectivity index (χ3n) is 3.70. The first kappa shape index (κ1) is 14.4. The van der Waals surface area contributed by atoms with Gasteiger partial charge in [0.2, 0.25) is 0 Å². The minimum Gasteiger partial charge on any atom is -0.481 e. The van der Waals surface area contributed by atoms with Gasteiger partial charge < -0.3 is 20.7 Å². The van der Waals surface area contributed by atoms with Gasteiger partial charge in [-0.05, 0) is 18.8 Å². The van der Waals surface area contributed by atoms with Crippen molar-refractivity contribution in [2.75, 3.05) is 13.1 Å². The predicted octanol–water partition coefficient (Wildman–Crippen LogP) is 0.752. The van der Waals surface area contributed by atoms with Gasteiger partial charge in [-0.2, -0.15) is 0 Å². The Morgan fingerprint density at radius 1 is 1.40 bits per heavy atom. The van der Waals surface area contributed by atoms with E-state index in [2.05, 4.69) is 20.6 Å². The number of rotatable bonds is 6. The number of hydrogen-bond donors (Lipinski definition) is 4. The molecular weight excluding hydrogens is 260 g/mol. The molecule has 110 valence electrons. The molecule has 0 spiro atoms. The summed E-state index contributed by atoms with van der Waals surface area (Å²) in [4.78, 5) is 29.6. The van der Waals surface area contributed by atoms with Crippen molar-refractivity contribution in [3.63, 3.8) is 0 Å². The van der Waals surface area contributed by atoms with Gasteiger partial charge in [-0.1, -0.05) is 6.42 Å². The maximum atomic E-state index is 11.6. The van der Waals surface area contributed by atoms with E-state index in [-0.39, 0.29) is 17.9 Å². The Bertz CT molecular complexity index is 446. The first-order valence-electron chi connectivity index (χ1n) is 6.89. The summed E-state index contributed by atoms with van der Waals surface area (Å²) in [6.45, 7) is 0.913. The van der Waals surface area contributed by atoms with Crippen molar-refractivity contribution in [3.05, 3.63) is 18.2 Å². The summed E-state index contributed by atoms with van der Waals surface area (Å²) in [6, 6.07) is -0.257. The van der Waals surface area contributed by atoms with E-state index in [1.54, 1.807) is 12.4 Å². The highest BCUT2D eigenvalue weighted by atomic mass is 16.4. The molecule has 7 heteroatoms. The molecule has 0 aliphatic heterocycles. The van der Waals surface area contributed by atoms with Crippen LogP contribution in [-0.4, -0.2) is 40.2 Å². The van der Waals surface area contributed by atoms with E-state index in [0.717, 1.165) is 18.7 Å². The topological polar surface area (TPSA) is 107 Å². The van der Waals surface area contributed by atoms with Gasteiger partial charge in [0.05, 0.1) is 5.92 Å². The van der Waals surface area contributed by atoms with Crippen molar-refractivity contribution in [1.29, 1.82) is 0 Å². The summed E-state index contributed by atoms with van der Waals surface area (Å²) >= 11 is 0. The number of carboxylic acids is 1. The van der Waals surface area contributed by atoms with Gasteiger partial charge in [-0.15, -0.1) is 0 Å². The minimum atomic E-state index is -0.757. The number of carbonyl (C=O) groups excluding carboxylic acids is 1. The fourth-order valence-corrected chi connectivity index (χ4v) is 2.62. The summed E-state index contributed by atoms with van der Waals surface area (Å²) in [5.74, 6) is -0.207. The molecule has 1 aromatic heterocycles. The molecule has 1 heterocycles. The maximum Gasteiger partial charge on any atom is 0.314 e. The monoisotopic (exact) mass is 280 g/mol. The maximum absolute atomic E-state index is 11.6. The molecule has 0 radical (unpaired) electrons. The van der Waals surface area contributed by atoms with Crippen LogP contribution in [-0.2, 0) is 11.2 Å². The Hall–Kier alpha value is -2.05. The lowest BCUT2D eigenvalue weighted by atomic mass is 9.96. The molecule has 4 N–H and O–H groups in total. The second-order valence-electron chi connectivity index (χ2n) is 5.06. The van der Waals surface area contributed by atoms with Gasteiger partial charge in [0, 0.05) is 31.9 Å². The third-order valence-corrected chi connectivity index (χ3v) is 3.70. The molecule has 0 saturated heterocycles. The SMILES string of the molecule is O=C(NCCc1ncc[nH]1)NCC1CCCC1C(=O)O. The first-order valence-corrected chi connectivity index (χ1v) is 6.89. The Labute approximate surface area is 117 Å². The molecule has 2 amide bonds. The van der Waals surface area contributed by atoms with Gasteiger partial charge in [-0.25, -0.2) is 9.78 Å². The van der Waals surface area contributed by atoms with Gasteiger partial charge >= 0.3 is 12.0 Å². The second kappa shape index (κ2) is 6.93. The van der Waals surface area contributed by atoms with Crippen molar-refractivity contribution in [3.8, 4) is 0 Å². The molecule has 2 atom stereocenters. The number of urea groups is 1. The van der Waals surface area contributed by atoms with E-state index < -0.39 is 5.97 Å². The highest BCUT2D eigenvalue weighted by Gasteiger charge is 2.32. The number of carboxylic acid groups (broad SMARTS) is 1. The molecule has 1 aromatic rings. The molecule has 1 aliphatic rings. The summed E-state index contributed by atoms with van der Waals surface area (Å²) in [6.07, 6.45) is 6.54. The zero-order valence-electron chi connectivity index (χ0n) is 11.3. The van der Waals surface area contributed by atoms with Gasteiger partial charge in [0.25, 0.3) is 0 Å². The lowest BCUT2D eigenvalue weighted by Crippen LogP contribution is -2.40. The van der Waals surface area contributed by atoms with Gasteiger partial charge in [0.1, 0.15) is 5.82 Å². The smallest absolute Gasteiger partial charge is 0.314 e. The van der Waals surface area contributed by atoms with Crippen LogP contribution in [0.1, 0.15) is 25.1 Å². The summed E-state index contributed by atoms with van der Waals surface area (Å²) in [5, 5.41) is 14.5. The molecule has 2 unspecified atom stereocenters. The number of carbonyl (C=O) groups is 2. The number of aliphatic carboxylic acids is 1. The van der Waals surface area contributed by atoms with Crippen LogP contribution >= 0.6 is 0 Å². The standard InChI is InChI=1S/C13H20N4O3/c18-12(19)10-3-1-2-9(10)8-17-13(20)16-5-4-11-14-6-7-15-11/h6-7,9-10H,1-5,8H2,(H,14,15)(H,18,19)(H2,16,17,20). The van der Waals surface area contributed by atoms with Crippen molar-refractivity contribution in [1.82, 2.24) is 20.6 Å². The fourth-order valence-electron chi connectivity index (χ4n) is 2.62. The molecule has 20 heavy (non-hydrogen) atoms. The number of imidazole rings is 1. The van der Waals surface area contributed by atoms with Crippen LogP contribution in [0.4, 0.5) is 4.79 Å². The number of amides is 2. The Morgan fingerprint density at radius 2 is 2.25 bits per heavy atom. The Morgan fingerprint density at radius 3 is 2.95 bits per heavy atom. The molecule has 1 fully saturated rings. The summed E-state index contributed by atoms with van der Waals surface area (Å²) in [5.41, 5.74) is 0. The molecule has 1 saturated carbocycles. The third kappa shape index (κ3) is 3.97. The highest BCUT2D eigenvalue weighted by molar-refractivity contribution is 5.74. The molecule has 2 rings (SSSR count). The molecule has 1 aliphatic carbocycles. The van der Waals surface area contributed by atoms with E-state index in [0.29, 0.717) is 25.9 Å². The number of nitrogens with zero attached hydrogens (tertiary/aromatic N) is 1. The Balaban J connectivity index is 1.63. The van der Waals surface area contributed by atoms with Crippen LogP contribution < -0.4 is 10.6 Å². The number of aromatic amines is 1. The average molecular weight is 280 g/mol.